The zero-order chi connectivity index (χ0) is 10.1. The summed E-state index contributed by atoms with van der Waals surface area (Å²) >= 11 is 0. The van der Waals surface area contributed by atoms with Crippen molar-refractivity contribution < 1.29 is 4.21 Å². The summed E-state index contributed by atoms with van der Waals surface area (Å²) < 4.78 is 14.6. The van der Waals surface area contributed by atoms with Crippen LogP contribution in [0.1, 0.15) is 18.1 Å². The Kier molecular flexibility index (Phi) is 2.25. The number of hydrogen-bond acceptors (Lipinski definition) is 1. The van der Waals surface area contributed by atoms with Crippen LogP contribution in [0.2, 0.25) is 0 Å². The highest BCUT2D eigenvalue weighted by molar-refractivity contribution is 7.96. The maximum Gasteiger partial charge on any atom is 0.150 e. The fourth-order valence-corrected chi connectivity index (χ4v) is 2.71. The number of fused-ring (bicyclic) bond motifs is 1. The minimum absolute atomic E-state index is 0.843. The highest BCUT2D eigenvalue weighted by Gasteiger charge is 2.23. The van der Waals surface area contributed by atoms with Gasteiger partial charge in [-0.1, -0.05) is 30.9 Å². The molecule has 0 saturated heterocycles. The molecule has 2 nitrogen and oxygen atoms in total. The van der Waals surface area contributed by atoms with Crippen LogP contribution in [0.4, 0.5) is 5.69 Å². The van der Waals surface area contributed by atoms with Gasteiger partial charge in [0.25, 0.3) is 0 Å². The fraction of sp³-hybridized carbons (Fsp3) is 0.0909. The van der Waals surface area contributed by atoms with Crippen molar-refractivity contribution in [3.05, 3.63) is 42.0 Å². The van der Waals surface area contributed by atoms with Crippen LogP contribution >= 0.6 is 0 Å². The van der Waals surface area contributed by atoms with Gasteiger partial charge in [0.1, 0.15) is 0 Å². The largest absolute Gasteiger partial charge is 0.300 e. The predicted octanol–water partition coefficient (Wildman–Crippen LogP) is 2.78. The van der Waals surface area contributed by atoms with Crippen molar-refractivity contribution in [3.8, 4) is 0 Å². The first-order valence-electron chi connectivity index (χ1n) is 4.38. The molecule has 1 aliphatic rings. The summed E-state index contributed by atoms with van der Waals surface area (Å²) in [7, 11) is -1.11. The third kappa shape index (κ3) is 1.21. The van der Waals surface area contributed by atoms with Crippen LogP contribution in [-0.4, -0.2) is 4.21 Å². The Morgan fingerprint density at radius 3 is 2.93 bits per heavy atom. The lowest BCUT2D eigenvalue weighted by atomic mass is 10.1. The van der Waals surface area contributed by atoms with E-state index in [1.54, 1.807) is 6.08 Å². The third-order valence-corrected chi connectivity index (χ3v) is 3.47. The number of nitrogens with one attached hydrogen (secondary N) is 1. The van der Waals surface area contributed by atoms with E-state index in [0.717, 1.165) is 21.7 Å². The van der Waals surface area contributed by atoms with Gasteiger partial charge in [0, 0.05) is 5.56 Å². The molecule has 0 fully saturated rings. The molecule has 0 aromatic heterocycles. The topological polar surface area (TPSA) is 29.1 Å². The van der Waals surface area contributed by atoms with Crippen LogP contribution in [0.15, 0.2) is 30.9 Å². The molecule has 2 rings (SSSR count). The van der Waals surface area contributed by atoms with Crippen molar-refractivity contribution in [1.82, 2.24) is 0 Å². The normalized spacial score (nSPS) is 21.8. The smallest absolute Gasteiger partial charge is 0.150 e. The zero-order valence-corrected chi connectivity index (χ0v) is 8.73. The Morgan fingerprint density at radius 1 is 1.50 bits per heavy atom. The van der Waals surface area contributed by atoms with Crippen molar-refractivity contribution in [2.75, 3.05) is 4.72 Å². The molecule has 14 heavy (non-hydrogen) atoms. The lowest BCUT2D eigenvalue weighted by Gasteiger charge is -2.01. The second kappa shape index (κ2) is 3.42. The summed E-state index contributed by atoms with van der Waals surface area (Å²) in [5.74, 6) is 0. The number of allylic oxidation sites excluding steroid dienone is 1. The van der Waals surface area contributed by atoms with E-state index in [4.69, 9.17) is 0 Å². The van der Waals surface area contributed by atoms with Gasteiger partial charge >= 0.3 is 0 Å². The molecule has 3 heteroatoms. The van der Waals surface area contributed by atoms with Crippen molar-refractivity contribution in [2.45, 2.75) is 6.92 Å². The van der Waals surface area contributed by atoms with Gasteiger partial charge in [-0.25, -0.2) is 4.21 Å². The standard InChI is InChI=1S/C11H11NOS/c1-3-8-6-5-7-9-11(8)10(4-2)14(13)12-9/h3-7,12H,1H2,2H3/b10-4+. The lowest BCUT2D eigenvalue weighted by molar-refractivity contribution is 0.692. The van der Waals surface area contributed by atoms with E-state index in [1.165, 1.54) is 0 Å². The van der Waals surface area contributed by atoms with Gasteiger partial charge in [0.2, 0.25) is 0 Å². The van der Waals surface area contributed by atoms with E-state index in [2.05, 4.69) is 11.3 Å². The van der Waals surface area contributed by atoms with E-state index in [0.29, 0.717) is 0 Å². The molecule has 0 spiro atoms. The minimum Gasteiger partial charge on any atom is -0.300 e. The fourth-order valence-electron chi connectivity index (χ4n) is 1.60. The summed E-state index contributed by atoms with van der Waals surface area (Å²) in [5, 5.41) is 0. The zero-order valence-electron chi connectivity index (χ0n) is 7.91. The maximum atomic E-state index is 11.6. The Hall–Kier alpha value is -1.35. The summed E-state index contributed by atoms with van der Waals surface area (Å²) in [4.78, 5) is 0.843. The SMILES string of the molecule is C=Cc1cccc2c1/C(=C\C)S(=O)N2. The van der Waals surface area contributed by atoms with Crippen molar-refractivity contribution in [1.29, 1.82) is 0 Å². The van der Waals surface area contributed by atoms with Crippen LogP contribution in [0.3, 0.4) is 0 Å². The average molecular weight is 205 g/mol. The van der Waals surface area contributed by atoms with Gasteiger partial charge in [0.05, 0.1) is 10.6 Å². The van der Waals surface area contributed by atoms with Crippen LogP contribution in [0, 0.1) is 0 Å². The van der Waals surface area contributed by atoms with E-state index in [9.17, 15) is 4.21 Å². The molecule has 0 bridgehead atoms. The van der Waals surface area contributed by atoms with Crippen molar-refractivity contribution in [2.24, 2.45) is 0 Å². The first-order chi connectivity index (χ1) is 6.77. The lowest BCUT2D eigenvalue weighted by Crippen LogP contribution is -1.94. The van der Waals surface area contributed by atoms with Gasteiger partial charge in [-0.2, -0.15) is 0 Å². The van der Waals surface area contributed by atoms with E-state index < -0.39 is 11.0 Å². The monoisotopic (exact) mass is 205 g/mol. The van der Waals surface area contributed by atoms with Crippen molar-refractivity contribution in [3.63, 3.8) is 0 Å². The second-order valence-electron chi connectivity index (χ2n) is 3.00. The molecule has 1 N–H and O–H groups in total. The number of benzene rings is 1. The summed E-state index contributed by atoms with van der Waals surface area (Å²) in [6.45, 7) is 5.64. The van der Waals surface area contributed by atoms with E-state index in [1.807, 2.05) is 31.2 Å². The molecule has 1 heterocycles. The first kappa shape index (κ1) is 9.21. The third-order valence-electron chi connectivity index (χ3n) is 2.23. The number of anilines is 1. The summed E-state index contributed by atoms with van der Waals surface area (Å²) in [5.41, 5.74) is 2.96. The van der Waals surface area contributed by atoms with Crippen LogP contribution < -0.4 is 4.72 Å². The summed E-state index contributed by atoms with van der Waals surface area (Å²) in [6, 6.07) is 5.83. The quantitative estimate of drug-likeness (QED) is 0.750. The van der Waals surface area contributed by atoms with Crippen LogP contribution in [-0.2, 0) is 11.0 Å². The molecule has 0 aliphatic carbocycles. The molecular weight excluding hydrogens is 194 g/mol. The highest BCUT2D eigenvalue weighted by Crippen LogP contribution is 2.36. The number of hydrogen-bond donors (Lipinski definition) is 1. The molecule has 1 atom stereocenters. The Balaban J connectivity index is 2.72. The van der Waals surface area contributed by atoms with Gasteiger partial charge in [-0.05, 0) is 18.6 Å². The minimum atomic E-state index is -1.11. The average Bonchev–Trinajstić information content (AvgIpc) is 2.52. The van der Waals surface area contributed by atoms with Crippen molar-refractivity contribution >= 4 is 27.7 Å². The van der Waals surface area contributed by atoms with Gasteiger partial charge in [0.15, 0.2) is 11.0 Å². The Labute approximate surface area is 85.9 Å². The molecule has 1 aromatic carbocycles. The molecule has 72 valence electrons. The van der Waals surface area contributed by atoms with Gasteiger partial charge < -0.3 is 4.72 Å². The maximum absolute atomic E-state index is 11.6. The summed E-state index contributed by atoms with van der Waals surface area (Å²) in [6.07, 6.45) is 3.66. The van der Waals surface area contributed by atoms with E-state index in [-0.39, 0.29) is 0 Å². The number of rotatable bonds is 1. The first-order valence-corrected chi connectivity index (χ1v) is 5.53. The molecule has 0 radical (unpaired) electrons. The Morgan fingerprint density at radius 2 is 2.29 bits per heavy atom. The van der Waals surface area contributed by atoms with Crippen LogP contribution in [0.5, 0.6) is 0 Å². The molecule has 0 saturated carbocycles. The molecular formula is C11H11NOS. The molecule has 1 aliphatic heterocycles. The molecule has 1 unspecified atom stereocenters. The molecule has 0 amide bonds. The second-order valence-corrected chi connectivity index (χ2v) is 4.18. The Bertz CT molecular complexity index is 449. The van der Waals surface area contributed by atoms with Gasteiger partial charge in [-0.3, -0.25) is 0 Å². The van der Waals surface area contributed by atoms with Crippen LogP contribution in [0.25, 0.3) is 11.0 Å². The molecule has 1 aromatic rings. The predicted molar refractivity (Wildman–Crippen MR) is 61.9 cm³/mol. The van der Waals surface area contributed by atoms with Gasteiger partial charge in [-0.15, -0.1) is 0 Å². The van der Waals surface area contributed by atoms with E-state index >= 15 is 0 Å². The highest BCUT2D eigenvalue weighted by atomic mass is 32.2.